The first kappa shape index (κ1) is 25.1. The summed E-state index contributed by atoms with van der Waals surface area (Å²) in [5, 5.41) is 11.8. The Kier molecular flexibility index (Phi) is 8.05. The van der Waals surface area contributed by atoms with Crippen molar-refractivity contribution in [2.75, 3.05) is 33.8 Å². The van der Waals surface area contributed by atoms with Gasteiger partial charge in [0.05, 0.1) is 28.3 Å². The lowest BCUT2D eigenvalue weighted by Crippen LogP contribution is -2.35. The zero-order valence-electron chi connectivity index (χ0n) is 19.1. The van der Waals surface area contributed by atoms with Gasteiger partial charge in [-0.1, -0.05) is 43.1 Å². The van der Waals surface area contributed by atoms with Gasteiger partial charge < -0.3 is 19.6 Å². The fraction of sp³-hybridized carbons (Fsp3) is 0.360. The van der Waals surface area contributed by atoms with E-state index in [0.29, 0.717) is 52.5 Å². The van der Waals surface area contributed by atoms with Gasteiger partial charge in [-0.15, -0.1) is 0 Å². The Hall–Kier alpha value is -2.54. The highest BCUT2D eigenvalue weighted by molar-refractivity contribution is 6.46. The van der Waals surface area contributed by atoms with Gasteiger partial charge in [-0.3, -0.25) is 9.59 Å². The molecule has 2 aromatic carbocycles. The topological polar surface area (TPSA) is 70.1 Å². The molecule has 0 bridgehead atoms. The third-order valence-corrected chi connectivity index (χ3v) is 6.04. The van der Waals surface area contributed by atoms with Crippen LogP contribution in [-0.4, -0.2) is 60.4 Å². The van der Waals surface area contributed by atoms with Gasteiger partial charge >= 0.3 is 0 Å². The molecule has 6 nitrogen and oxygen atoms in total. The number of amides is 1. The van der Waals surface area contributed by atoms with Crippen LogP contribution in [0.5, 0.6) is 5.75 Å². The molecule has 0 spiro atoms. The van der Waals surface area contributed by atoms with Gasteiger partial charge in [-0.25, -0.2) is 0 Å². The number of carbonyl (C=O) groups is 2. The number of aliphatic hydroxyl groups excluding tert-OH is 1. The molecule has 1 amide bonds. The van der Waals surface area contributed by atoms with Crippen LogP contribution in [0.3, 0.4) is 0 Å². The van der Waals surface area contributed by atoms with Crippen LogP contribution in [0.4, 0.5) is 0 Å². The number of carbonyl (C=O) groups excluding carboxylic acids is 2. The number of aliphatic hydroxyl groups is 1. The summed E-state index contributed by atoms with van der Waals surface area (Å²) >= 11 is 12.3. The van der Waals surface area contributed by atoms with E-state index in [9.17, 15) is 14.7 Å². The van der Waals surface area contributed by atoms with Crippen LogP contribution in [0.1, 0.15) is 31.0 Å². The summed E-state index contributed by atoms with van der Waals surface area (Å²) in [5.41, 5.74) is 1.04. The van der Waals surface area contributed by atoms with E-state index >= 15 is 0 Å². The first-order valence-electron chi connectivity index (χ1n) is 10.7. The van der Waals surface area contributed by atoms with Crippen molar-refractivity contribution in [1.29, 1.82) is 0 Å². The Morgan fingerprint density at radius 3 is 2.33 bits per heavy atom. The van der Waals surface area contributed by atoms with Crippen molar-refractivity contribution >= 4 is 40.7 Å². The summed E-state index contributed by atoms with van der Waals surface area (Å²) in [7, 11) is 3.77. The Morgan fingerprint density at radius 2 is 1.76 bits per heavy atom. The molecule has 1 fully saturated rings. The minimum absolute atomic E-state index is 0.0213. The summed E-state index contributed by atoms with van der Waals surface area (Å²) in [4.78, 5) is 29.4. The molecule has 33 heavy (non-hydrogen) atoms. The van der Waals surface area contributed by atoms with E-state index in [-0.39, 0.29) is 11.3 Å². The second-order valence-corrected chi connectivity index (χ2v) is 9.51. The van der Waals surface area contributed by atoms with Gasteiger partial charge in [0.15, 0.2) is 0 Å². The molecular formula is C25H28Cl2N2O4. The summed E-state index contributed by atoms with van der Waals surface area (Å²) in [6.45, 7) is 5.53. The number of hydrogen-bond donors (Lipinski definition) is 1. The molecule has 0 unspecified atom stereocenters. The average molecular weight is 491 g/mol. The molecule has 1 aliphatic rings. The zero-order chi connectivity index (χ0) is 24.3. The van der Waals surface area contributed by atoms with Crippen molar-refractivity contribution < 1.29 is 19.4 Å². The lowest BCUT2D eigenvalue weighted by atomic mass is 9.95. The third-order valence-electron chi connectivity index (χ3n) is 5.30. The molecule has 0 saturated carbocycles. The molecule has 1 N–H and O–H groups in total. The molecule has 1 aliphatic heterocycles. The van der Waals surface area contributed by atoms with Crippen molar-refractivity contribution in [2.24, 2.45) is 5.92 Å². The van der Waals surface area contributed by atoms with Crippen LogP contribution >= 0.6 is 23.2 Å². The molecule has 0 aliphatic carbocycles. The Labute approximate surface area is 204 Å². The van der Waals surface area contributed by atoms with Crippen LogP contribution in [0.15, 0.2) is 48.0 Å². The quantitative estimate of drug-likeness (QED) is 0.319. The number of Topliss-reactive ketones (excluding diaryl/α,β-unsaturated/α-hetero) is 1. The van der Waals surface area contributed by atoms with E-state index in [1.54, 1.807) is 42.5 Å². The number of nitrogens with zero attached hydrogens (tertiary/aromatic N) is 2. The third kappa shape index (κ3) is 5.69. The first-order valence-corrected chi connectivity index (χ1v) is 11.5. The Balaban J connectivity index is 2.05. The lowest BCUT2D eigenvalue weighted by molar-refractivity contribution is -0.140. The van der Waals surface area contributed by atoms with Gasteiger partial charge in [0.2, 0.25) is 0 Å². The standard InChI is InChI=1S/C25H28Cl2N2O4/c1-15(2)14-33-18-8-5-16(6-9-18)23(30)21-22(17-7-10-19(26)20(27)13-17)29(12-11-28(3)4)25(32)24(21)31/h5-10,13,15,22,30H,11-12,14H2,1-4H3/b23-21+/t22-/m1/s1. The molecule has 0 aromatic heterocycles. The van der Waals surface area contributed by atoms with E-state index in [4.69, 9.17) is 27.9 Å². The molecule has 1 saturated heterocycles. The molecule has 0 radical (unpaired) electrons. The van der Waals surface area contributed by atoms with Crippen molar-refractivity contribution in [2.45, 2.75) is 19.9 Å². The first-order chi connectivity index (χ1) is 15.6. The molecule has 2 aromatic rings. The predicted molar refractivity (Wildman–Crippen MR) is 131 cm³/mol. The molecule has 1 atom stereocenters. The number of rotatable bonds is 8. The van der Waals surface area contributed by atoms with Crippen LogP contribution in [0, 0.1) is 5.92 Å². The number of hydrogen-bond acceptors (Lipinski definition) is 5. The van der Waals surface area contributed by atoms with E-state index in [0.717, 1.165) is 0 Å². The minimum atomic E-state index is -0.781. The number of ketones is 1. The van der Waals surface area contributed by atoms with Crippen molar-refractivity contribution in [1.82, 2.24) is 9.80 Å². The van der Waals surface area contributed by atoms with E-state index in [1.807, 2.05) is 19.0 Å². The SMILES string of the molecule is CC(C)COc1ccc(/C(O)=C2\C(=O)C(=O)N(CCN(C)C)[C@@H]2c2ccc(Cl)c(Cl)c2)cc1. The Bertz CT molecular complexity index is 1060. The molecule has 176 valence electrons. The normalized spacial score (nSPS) is 17.9. The van der Waals surface area contributed by atoms with Crippen molar-refractivity contribution in [3.8, 4) is 5.75 Å². The maximum Gasteiger partial charge on any atom is 0.295 e. The maximum absolute atomic E-state index is 13.0. The summed E-state index contributed by atoms with van der Waals surface area (Å²) in [6, 6.07) is 11.0. The van der Waals surface area contributed by atoms with Crippen LogP contribution in [0.2, 0.25) is 10.0 Å². The van der Waals surface area contributed by atoms with Gasteiger partial charge in [0.1, 0.15) is 11.5 Å². The van der Waals surface area contributed by atoms with Crippen LogP contribution < -0.4 is 4.74 Å². The number of likely N-dealkylation sites (N-methyl/N-ethyl adjacent to an activating group) is 1. The zero-order valence-corrected chi connectivity index (χ0v) is 20.7. The smallest absolute Gasteiger partial charge is 0.295 e. The largest absolute Gasteiger partial charge is 0.507 e. The van der Waals surface area contributed by atoms with E-state index in [2.05, 4.69) is 13.8 Å². The molecule has 1 heterocycles. The Morgan fingerprint density at radius 1 is 1.09 bits per heavy atom. The second-order valence-electron chi connectivity index (χ2n) is 8.70. The number of likely N-dealkylation sites (tertiary alicyclic amines) is 1. The number of halogens is 2. The fourth-order valence-corrected chi connectivity index (χ4v) is 3.88. The minimum Gasteiger partial charge on any atom is -0.507 e. The van der Waals surface area contributed by atoms with E-state index in [1.165, 1.54) is 4.90 Å². The van der Waals surface area contributed by atoms with Crippen molar-refractivity contribution in [3.63, 3.8) is 0 Å². The highest BCUT2D eigenvalue weighted by Crippen LogP contribution is 2.41. The average Bonchev–Trinajstić information content (AvgIpc) is 3.02. The highest BCUT2D eigenvalue weighted by atomic mass is 35.5. The van der Waals surface area contributed by atoms with Crippen molar-refractivity contribution in [3.05, 3.63) is 69.2 Å². The lowest BCUT2D eigenvalue weighted by Gasteiger charge is -2.26. The second kappa shape index (κ2) is 10.6. The van der Waals surface area contributed by atoms with Gasteiger partial charge in [0.25, 0.3) is 11.7 Å². The van der Waals surface area contributed by atoms with Gasteiger partial charge in [0, 0.05) is 18.7 Å². The summed E-state index contributed by atoms with van der Waals surface area (Å²) in [6.07, 6.45) is 0. The predicted octanol–water partition coefficient (Wildman–Crippen LogP) is 5.01. The van der Waals surface area contributed by atoms with E-state index < -0.39 is 17.7 Å². The monoisotopic (exact) mass is 490 g/mol. The van der Waals surface area contributed by atoms with Gasteiger partial charge in [-0.05, 0) is 62.0 Å². The molecular weight excluding hydrogens is 463 g/mol. The molecule has 8 heteroatoms. The maximum atomic E-state index is 13.0. The highest BCUT2D eigenvalue weighted by Gasteiger charge is 2.46. The molecule has 3 rings (SSSR count). The van der Waals surface area contributed by atoms with Crippen LogP contribution in [-0.2, 0) is 9.59 Å². The van der Waals surface area contributed by atoms with Gasteiger partial charge in [-0.2, -0.15) is 0 Å². The fourth-order valence-electron chi connectivity index (χ4n) is 3.57. The number of benzene rings is 2. The number of ether oxygens (including phenoxy) is 1. The summed E-state index contributed by atoms with van der Waals surface area (Å²) < 4.78 is 5.69. The van der Waals surface area contributed by atoms with Crippen LogP contribution in [0.25, 0.3) is 5.76 Å². The summed E-state index contributed by atoms with van der Waals surface area (Å²) in [5.74, 6) is -0.601.